The molecule has 8 unspecified atom stereocenters. The number of allylic oxidation sites excluding steroid dienone is 1. The predicted octanol–water partition coefficient (Wildman–Crippen LogP) is 4.44. The van der Waals surface area contributed by atoms with Crippen molar-refractivity contribution in [3.63, 3.8) is 0 Å². The predicted molar refractivity (Wildman–Crippen MR) is 150 cm³/mol. The van der Waals surface area contributed by atoms with Gasteiger partial charge in [-0.2, -0.15) is 0 Å². The van der Waals surface area contributed by atoms with Gasteiger partial charge in [0.2, 0.25) is 0 Å². The zero-order valence-corrected chi connectivity index (χ0v) is 24.4. The number of fused-ring (bicyclic) bond motifs is 3. The number of aliphatic hydroxyl groups is 1. The van der Waals surface area contributed by atoms with Gasteiger partial charge in [-0.3, -0.25) is 9.78 Å². The van der Waals surface area contributed by atoms with Crippen LogP contribution in [-0.2, 0) is 23.7 Å². The lowest BCUT2D eigenvalue weighted by molar-refractivity contribution is -0.361. The molecule has 3 fully saturated rings. The van der Waals surface area contributed by atoms with Crippen LogP contribution >= 0.6 is 0 Å². The van der Waals surface area contributed by atoms with Gasteiger partial charge in [0.15, 0.2) is 0 Å². The van der Waals surface area contributed by atoms with E-state index in [2.05, 4.69) is 11.1 Å². The van der Waals surface area contributed by atoms with Crippen molar-refractivity contribution in [3.05, 3.63) is 77.6 Å². The van der Waals surface area contributed by atoms with Crippen LogP contribution in [0, 0.1) is 16.7 Å². The van der Waals surface area contributed by atoms with E-state index in [0.29, 0.717) is 17.5 Å². The van der Waals surface area contributed by atoms with Crippen LogP contribution in [0.4, 0.5) is 0 Å². The molecule has 1 aromatic heterocycles. The smallest absolute Gasteiger partial charge is 0.339 e. The number of hydrogen-bond acceptors (Lipinski definition) is 9. The molecule has 2 saturated heterocycles. The highest BCUT2D eigenvalue weighted by Crippen LogP contribution is 2.68. The first kappa shape index (κ1) is 28.6. The highest BCUT2D eigenvalue weighted by Gasteiger charge is 2.76. The van der Waals surface area contributed by atoms with Crippen molar-refractivity contribution in [2.24, 2.45) is 16.7 Å². The first-order chi connectivity index (χ1) is 19.9. The third-order valence-electron chi connectivity index (χ3n) is 10.7. The Kier molecular flexibility index (Phi) is 6.81. The fraction of sp³-hybridized carbons (Fsp3) is 0.515. The van der Waals surface area contributed by atoms with Gasteiger partial charge in [0.25, 0.3) is 0 Å². The number of carbonyl (C=O) groups excluding carboxylic acids is 3. The van der Waals surface area contributed by atoms with Crippen molar-refractivity contribution in [3.8, 4) is 0 Å². The van der Waals surface area contributed by atoms with Crippen LogP contribution in [-0.4, -0.2) is 64.1 Å². The number of hydrogen-bond donors (Lipinski definition) is 1. The highest BCUT2D eigenvalue weighted by atomic mass is 16.6. The highest BCUT2D eigenvalue weighted by molar-refractivity contribution is 5.90. The van der Waals surface area contributed by atoms with Crippen LogP contribution < -0.4 is 0 Å². The van der Waals surface area contributed by atoms with Crippen molar-refractivity contribution in [2.75, 3.05) is 6.61 Å². The maximum Gasteiger partial charge on any atom is 0.339 e. The zero-order chi connectivity index (χ0) is 29.9. The van der Waals surface area contributed by atoms with Gasteiger partial charge in [0, 0.05) is 29.6 Å². The number of pyridine rings is 1. The molecule has 0 bridgehead atoms. The summed E-state index contributed by atoms with van der Waals surface area (Å²) in [4.78, 5) is 43.5. The fourth-order valence-electron chi connectivity index (χ4n) is 8.21. The van der Waals surface area contributed by atoms with Gasteiger partial charge in [-0.05, 0) is 56.9 Å². The molecule has 9 heteroatoms. The summed E-state index contributed by atoms with van der Waals surface area (Å²) in [5.41, 5.74) is -2.58. The second-order valence-corrected chi connectivity index (χ2v) is 12.8. The van der Waals surface area contributed by atoms with Crippen molar-refractivity contribution < 1.29 is 38.4 Å². The van der Waals surface area contributed by atoms with E-state index >= 15 is 0 Å². The Morgan fingerprint density at radius 3 is 2.40 bits per heavy atom. The van der Waals surface area contributed by atoms with Crippen LogP contribution in [0.2, 0.25) is 0 Å². The Bertz CT molecular complexity index is 1430. The number of benzene rings is 1. The average Bonchev–Trinajstić information content (AvgIpc) is 3.34. The van der Waals surface area contributed by atoms with Gasteiger partial charge in [-0.25, -0.2) is 9.59 Å². The summed E-state index contributed by atoms with van der Waals surface area (Å²) in [6.07, 6.45) is 3.73. The molecule has 1 N–H and O–H groups in total. The molecule has 1 aromatic carbocycles. The third-order valence-corrected chi connectivity index (χ3v) is 10.7. The normalized spacial score (nSPS) is 39.0. The summed E-state index contributed by atoms with van der Waals surface area (Å²) in [6, 6.07) is 12.0. The summed E-state index contributed by atoms with van der Waals surface area (Å²) in [6.45, 7) is 7.79. The molecule has 9 nitrogen and oxygen atoms in total. The summed E-state index contributed by atoms with van der Waals surface area (Å²) < 4.78 is 24.8. The van der Waals surface area contributed by atoms with E-state index in [0.717, 1.165) is 12.0 Å². The molecule has 2 aliphatic heterocycles. The number of ether oxygens (including phenoxy) is 4. The van der Waals surface area contributed by atoms with Gasteiger partial charge in [0.05, 0.1) is 17.5 Å². The van der Waals surface area contributed by atoms with E-state index in [1.807, 2.05) is 26.8 Å². The standard InChI is InChI=1S/C33H37NO8/c1-20-10-8-14-23-30(20,2)27(41-28(37)21-11-6-5-7-12-21)26(36)32(4)31(23,3)24(16-33(42-32)17-25(35)39-19-33)40-29(38)22-13-9-15-34-18-22/h5-7,9-13,15,18,23-24,26-27,36H,8,14,16-17,19H2,1-4H3. The number of aliphatic hydroxyl groups excluding tert-OH is 1. The minimum atomic E-state index is -1.39. The minimum absolute atomic E-state index is 0.0273. The number of nitrogens with zero attached hydrogens (tertiary/aromatic N) is 1. The number of aromatic nitrogens is 1. The molecular formula is C33H37NO8. The van der Waals surface area contributed by atoms with Gasteiger partial charge in [0.1, 0.15) is 36.1 Å². The molecule has 1 spiro atoms. The van der Waals surface area contributed by atoms with E-state index in [1.54, 1.807) is 49.5 Å². The summed E-state index contributed by atoms with van der Waals surface area (Å²) in [5, 5.41) is 12.4. The second kappa shape index (κ2) is 10.0. The Morgan fingerprint density at radius 1 is 1.02 bits per heavy atom. The van der Waals surface area contributed by atoms with Crippen LogP contribution in [0.1, 0.15) is 74.1 Å². The minimum Gasteiger partial charge on any atom is -0.462 e. The molecule has 0 radical (unpaired) electrons. The summed E-state index contributed by atoms with van der Waals surface area (Å²) in [5.74, 6) is -1.73. The molecule has 42 heavy (non-hydrogen) atoms. The Hall–Kier alpha value is -3.56. The molecule has 1 saturated carbocycles. The van der Waals surface area contributed by atoms with Crippen molar-refractivity contribution in [1.82, 2.24) is 4.98 Å². The lowest BCUT2D eigenvalue weighted by Gasteiger charge is -2.70. The zero-order valence-electron chi connectivity index (χ0n) is 24.4. The molecule has 0 amide bonds. The molecule has 222 valence electrons. The first-order valence-corrected chi connectivity index (χ1v) is 14.5. The molecule has 2 aromatic rings. The Morgan fingerprint density at radius 2 is 1.74 bits per heavy atom. The number of esters is 3. The molecule has 6 rings (SSSR count). The van der Waals surface area contributed by atoms with Crippen molar-refractivity contribution >= 4 is 17.9 Å². The first-order valence-electron chi connectivity index (χ1n) is 14.5. The third kappa shape index (κ3) is 4.12. The van der Waals surface area contributed by atoms with Gasteiger partial charge < -0.3 is 24.1 Å². The Balaban J connectivity index is 1.47. The number of carbonyl (C=O) groups is 3. The molecule has 4 aliphatic rings. The number of cyclic esters (lactones) is 1. The van der Waals surface area contributed by atoms with Crippen molar-refractivity contribution in [1.29, 1.82) is 0 Å². The van der Waals surface area contributed by atoms with Crippen LogP contribution in [0.5, 0.6) is 0 Å². The van der Waals surface area contributed by atoms with E-state index in [1.165, 1.54) is 6.20 Å². The maximum absolute atomic E-state index is 13.5. The number of rotatable bonds is 4. The topological polar surface area (TPSA) is 121 Å². The SMILES string of the molecule is CC1=CCCC2C1(C)C(OC(=O)c1ccccc1)C(O)C1(C)OC3(COC(=O)C3)CC(OC(=O)c3cccnc3)C21C. The van der Waals surface area contributed by atoms with Gasteiger partial charge in [-0.15, -0.1) is 0 Å². The largest absolute Gasteiger partial charge is 0.462 e. The lowest BCUT2D eigenvalue weighted by atomic mass is 9.41. The maximum atomic E-state index is 13.5. The van der Waals surface area contributed by atoms with Crippen LogP contribution in [0.25, 0.3) is 0 Å². The molecule has 8 atom stereocenters. The molecule has 2 aliphatic carbocycles. The second-order valence-electron chi connectivity index (χ2n) is 12.8. The van der Waals surface area contributed by atoms with Gasteiger partial charge in [-0.1, -0.05) is 43.7 Å². The summed E-state index contributed by atoms with van der Waals surface area (Å²) in [7, 11) is 0. The monoisotopic (exact) mass is 575 g/mol. The molecule has 3 heterocycles. The molecular weight excluding hydrogens is 538 g/mol. The van der Waals surface area contributed by atoms with Crippen molar-refractivity contribution in [2.45, 2.75) is 82.9 Å². The van der Waals surface area contributed by atoms with E-state index < -0.39 is 58.3 Å². The van der Waals surface area contributed by atoms with E-state index in [9.17, 15) is 19.5 Å². The lowest BCUT2D eigenvalue weighted by Crippen LogP contribution is -2.79. The quantitative estimate of drug-likeness (QED) is 0.320. The average molecular weight is 576 g/mol. The fourth-order valence-corrected chi connectivity index (χ4v) is 8.21. The Labute approximate surface area is 245 Å². The van der Waals surface area contributed by atoms with Crippen LogP contribution in [0.15, 0.2) is 66.5 Å². The van der Waals surface area contributed by atoms with E-state index in [-0.39, 0.29) is 25.4 Å². The van der Waals surface area contributed by atoms with E-state index in [4.69, 9.17) is 18.9 Å². The summed E-state index contributed by atoms with van der Waals surface area (Å²) >= 11 is 0. The van der Waals surface area contributed by atoms with Gasteiger partial charge >= 0.3 is 17.9 Å². The van der Waals surface area contributed by atoms with Crippen LogP contribution in [0.3, 0.4) is 0 Å².